The van der Waals surface area contributed by atoms with Crippen LogP contribution in [0.5, 0.6) is 0 Å². The zero-order valence-corrected chi connectivity index (χ0v) is 12.4. The lowest BCUT2D eigenvalue weighted by Gasteiger charge is -2.27. The number of piperazine rings is 1. The van der Waals surface area contributed by atoms with Crippen LogP contribution < -0.4 is 5.32 Å². The zero-order chi connectivity index (χ0) is 12.8. The molecular weight excluding hydrogens is 242 g/mol. The van der Waals surface area contributed by atoms with Crippen LogP contribution >= 0.6 is 11.3 Å². The summed E-state index contributed by atoms with van der Waals surface area (Å²) in [4.78, 5) is 6.53. The first-order chi connectivity index (χ1) is 8.75. The van der Waals surface area contributed by atoms with Gasteiger partial charge in [0.15, 0.2) is 0 Å². The van der Waals surface area contributed by atoms with E-state index in [-0.39, 0.29) is 0 Å². The van der Waals surface area contributed by atoms with Gasteiger partial charge in [0, 0.05) is 37.6 Å². The smallest absolute Gasteiger partial charge is 0.0327 e. The molecule has 0 bridgehead atoms. The molecule has 3 nitrogen and oxygen atoms in total. The van der Waals surface area contributed by atoms with Crippen molar-refractivity contribution >= 4 is 11.3 Å². The Morgan fingerprint density at radius 3 is 2.83 bits per heavy atom. The van der Waals surface area contributed by atoms with E-state index in [1.165, 1.54) is 43.0 Å². The van der Waals surface area contributed by atoms with Gasteiger partial charge in [0.05, 0.1) is 0 Å². The molecule has 18 heavy (non-hydrogen) atoms. The normalized spacial score (nSPS) is 17.5. The molecule has 2 heterocycles. The Hall–Kier alpha value is -0.420. The molecule has 1 aliphatic heterocycles. The van der Waals surface area contributed by atoms with E-state index in [0.717, 1.165) is 19.6 Å². The number of hydrogen-bond donors (Lipinski definition) is 1. The summed E-state index contributed by atoms with van der Waals surface area (Å²) in [6.07, 6.45) is 1.28. The van der Waals surface area contributed by atoms with Crippen LogP contribution in [0.3, 0.4) is 0 Å². The van der Waals surface area contributed by atoms with Gasteiger partial charge in [0.2, 0.25) is 0 Å². The summed E-state index contributed by atoms with van der Waals surface area (Å²) < 4.78 is 0. The number of hydrogen-bond acceptors (Lipinski definition) is 4. The van der Waals surface area contributed by atoms with Crippen LogP contribution in [-0.4, -0.2) is 56.1 Å². The van der Waals surface area contributed by atoms with Gasteiger partial charge in [-0.3, -0.25) is 0 Å². The maximum Gasteiger partial charge on any atom is 0.0327 e. The summed E-state index contributed by atoms with van der Waals surface area (Å²) in [7, 11) is 2.23. The lowest BCUT2D eigenvalue weighted by molar-refractivity contribution is 0.220. The topological polar surface area (TPSA) is 18.5 Å². The van der Waals surface area contributed by atoms with Gasteiger partial charge in [-0.25, -0.2) is 0 Å². The number of rotatable bonds is 6. The molecule has 1 aliphatic rings. The van der Waals surface area contributed by atoms with Crippen molar-refractivity contribution in [2.45, 2.75) is 19.9 Å². The Kier molecular flexibility index (Phi) is 5.63. The van der Waals surface area contributed by atoms with Crippen LogP contribution in [0.4, 0.5) is 0 Å². The van der Waals surface area contributed by atoms with Gasteiger partial charge in [-0.1, -0.05) is 0 Å². The van der Waals surface area contributed by atoms with Crippen molar-refractivity contribution in [3.05, 3.63) is 21.9 Å². The second-order valence-electron chi connectivity index (χ2n) is 5.21. The molecule has 0 saturated carbocycles. The Labute approximate surface area is 115 Å². The lowest BCUT2D eigenvalue weighted by atomic mass is 10.2. The Morgan fingerprint density at radius 2 is 2.17 bits per heavy atom. The van der Waals surface area contributed by atoms with Crippen LogP contribution in [0, 0.1) is 6.92 Å². The summed E-state index contributed by atoms with van der Waals surface area (Å²) in [5, 5.41) is 5.59. The molecule has 0 aliphatic carbocycles. The zero-order valence-electron chi connectivity index (χ0n) is 11.6. The molecule has 1 aromatic rings. The molecule has 0 radical (unpaired) electrons. The maximum absolute atomic E-state index is 3.40. The Bertz CT molecular complexity index is 345. The van der Waals surface area contributed by atoms with Gasteiger partial charge in [-0.15, -0.1) is 11.3 Å². The van der Waals surface area contributed by atoms with E-state index in [9.17, 15) is 0 Å². The molecule has 0 aromatic carbocycles. The van der Waals surface area contributed by atoms with Crippen LogP contribution in [0.25, 0.3) is 0 Å². The van der Waals surface area contributed by atoms with Crippen molar-refractivity contribution in [2.24, 2.45) is 0 Å². The summed E-state index contributed by atoms with van der Waals surface area (Å²) >= 11 is 1.88. The highest BCUT2D eigenvalue weighted by Crippen LogP contribution is 2.17. The first-order valence-corrected chi connectivity index (χ1v) is 7.78. The van der Waals surface area contributed by atoms with Crippen molar-refractivity contribution in [2.75, 3.05) is 46.3 Å². The minimum atomic E-state index is 1.10. The summed E-state index contributed by atoms with van der Waals surface area (Å²) in [6, 6.07) is 2.22. The SMILES string of the molecule is Cc1ccsc1CN(C)CCCN1CCNCC1. The first-order valence-electron chi connectivity index (χ1n) is 6.90. The van der Waals surface area contributed by atoms with E-state index in [0.29, 0.717) is 0 Å². The Balaban J connectivity index is 1.62. The van der Waals surface area contributed by atoms with Crippen molar-refractivity contribution in [3.63, 3.8) is 0 Å². The minimum Gasteiger partial charge on any atom is -0.314 e. The predicted octanol–water partition coefficient (Wildman–Crippen LogP) is 1.78. The quantitative estimate of drug-likeness (QED) is 0.848. The van der Waals surface area contributed by atoms with Gasteiger partial charge in [0.1, 0.15) is 0 Å². The highest BCUT2D eigenvalue weighted by atomic mass is 32.1. The molecule has 0 atom stereocenters. The molecule has 102 valence electrons. The molecule has 1 saturated heterocycles. The second-order valence-corrected chi connectivity index (χ2v) is 6.21. The predicted molar refractivity (Wildman–Crippen MR) is 79.3 cm³/mol. The third-order valence-corrected chi connectivity index (χ3v) is 4.61. The van der Waals surface area contributed by atoms with Crippen molar-refractivity contribution in [1.82, 2.24) is 15.1 Å². The number of aryl methyl sites for hydroxylation is 1. The van der Waals surface area contributed by atoms with Gasteiger partial charge >= 0.3 is 0 Å². The average Bonchev–Trinajstić information content (AvgIpc) is 2.76. The monoisotopic (exact) mass is 267 g/mol. The standard InChI is InChI=1S/C14H25N3S/c1-13-4-11-18-14(13)12-16(2)7-3-8-17-9-5-15-6-10-17/h4,11,15H,3,5-10,12H2,1-2H3. The van der Waals surface area contributed by atoms with Crippen molar-refractivity contribution in [3.8, 4) is 0 Å². The fourth-order valence-electron chi connectivity index (χ4n) is 2.39. The summed E-state index contributed by atoms with van der Waals surface area (Å²) in [5.41, 5.74) is 1.44. The molecule has 1 N–H and O–H groups in total. The highest BCUT2D eigenvalue weighted by Gasteiger charge is 2.09. The van der Waals surface area contributed by atoms with Gasteiger partial charge in [-0.05, 0) is 50.5 Å². The van der Waals surface area contributed by atoms with E-state index >= 15 is 0 Å². The summed E-state index contributed by atoms with van der Waals surface area (Å²) in [5.74, 6) is 0. The molecule has 0 spiro atoms. The molecular formula is C14H25N3S. The molecule has 2 rings (SSSR count). The van der Waals surface area contributed by atoms with Gasteiger partial charge in [-0.2, -0.15) is 0 Å². The molecule has 1 fully saturated rings. The molecule has 4 heteroatoms. The largest absolute Gasteiger partial charge is 0.314 e. The fraction of sp³-hybridized carbons (Fsp3) is 0.714. The van der Waals surface area contributed by atoms with E-state index in [1.807, 2.05) is 11.3 Å². The van der Waals surface area contributed by atoms with Crippen LogP contribution in [-0.2, 0) is 6.54 Å². The number of nitrogens with one attached hydrogen (secondary N) is 1. The van der Waals surface area contributed by atoms with Crippen molar-refractivity contribution < 1.29 is 0 Å². The fourth-order valence-corrected chi connectivity index (χ4v) is 3.37. The van der Waals surface area contributed by atoms with E-state index < -0.39 is 0 Å². The van der Waals surface area contributed by atoms with E-state index in [2.05, 4.69) is 40.5 Å². The second kappa shape index (κ2) is 7.24. The first kappa shape index (κ1) is 14.0. The van der Waals surface area contributed by atoms with E-state index in [4.69, 9.17) is 0 Å². The van der Waals surface area contributed by atoms with Gasteiger partial charge in [0.25, 0.3) is 0 Å². The summed E-state index contributed by atoms with van der Waals surface area (Å²) in [6.45, 7) is 10.5. The van der Waals surface area contributed by atoms with Gasteiger partial charge < -0.3 is 15.1 Å². The van der Waals surface area contributed by atoms with Crippen LogP contribution in [0.1, 0.15) is 16.9 Å². The molecule has 0 unspecified atom stereocenters. The van der Waals surface area contributed by atoms with Crippen LogP contribution in [0.2, 0.25) is 0 Å². The average molecular weight is 267 g/mol. The molecule has 1 aromatic heterocycles. The maximum atomic E-state index is 3.40. The lowest BCUT2D eigenvalue weighted by Crippen LogP contribution is -2.44. The molecule has 0 amide bonds. The van der Waals surface area contributed by atoms with E-state index in [1.54, 1.807) is 0 Å². The number of nitrogens with zero attached hydrogens (tertiary/aromatic N) is 2. The third kappa shape index (κ3) is 4.35. The van der Waals surface area contributed by atoms with Crippen LogP contribution in [0.15, 0.2) is 11.4 Å². The number of thiophene rings is 1. The Morgan fingerprint density at radius 1 is 1.39 bits per heavy atom. The minimum absolute atomic E-state index is 1.10. The third-order valence-electron chi connectivity index (χ3n) is 3.61. The van der Waals surface area contributed by atoms with Crippen molar-refractivity contribution in [1.29, 1.82) is 0 Å². The highest BCUT2D eigenvalue weighted by molar-refractivity contribution is 7.10.